The van der Waals surface area contributed by atoms with E-state index in [4.69, 9.17) is 0 Å². The summed E-state index contributed by atoms with van der Waals surface area (Å²) >= 11 is 0. The van der Waals surface area contributed by atoms with Crippen LogP contribution in [0.5, 0.6) is 0 Å². The second-order valence-electron chi connectivity index (χ2n) is 5.76. The first-order chi connectivity index (χ1) is 11.2. The first-order valence-electron chi connectivity index (χ1n) is 7.80. The van der Waals surface area contributed by atoms with Gasteiger partial charge in [-0.2, -0.15) is 0 Å². The molecule has 0 radical (unpaired) electrons. The van der Waals surface area contributed by atoms with E-state index in [1.54, 1.807) is 11.1 Å². The topological polar surface area (TPSA) is 33.2 Å². The van der Waals surface area contributed by atoms with Crippen molar-refractivity contribution in [2.24, 2.45) is 0 Å². The standard InChI is InChI=1S/C20H20N2O/c1-15(16-8-4-3-5-9-16)22(2)19(23)14-18-11-6-10-17-12-7-13-21-20(17)18/h3-13,15H,14H2,1-2H3. The summed E-state index contributed by atoms with van der Waals surface area (Å²) in [4.78, 5) is 18.9. The molecule has 0 aliphatic heterocycles. The molecule has 116 valence electrons. The maximum atomic E-state index is 12.7. The number of fused-ring (bicyclic) bond motifs is 1. The van der Waals surface area contributed by atoms with Crippen molar-refractivity contribution in [3.63, 3.8) is 0 Å². The van der Waals surface area contributed by atoms with Crippen LogP contribution in [0.1, 0.15) is 24.1 Å². The lowest BCUT2D eigenvalue weighted by molar-refractivity contribution is -0.131. The van der Waals surface area contributed by atoms with Gasteiger partial charge in [-0.25, -0.2) is 0 Å². The fourth-order valence-electron chi connectivity index (χ4n) is 2.77. The van der Waals surface area contributed by atoms with Gasteiger partial charge in [-0.05, 0) is 24.1 Å². The first-order valence-corrected chi connectivity index (χ1v) is 7.80. The lowest BCUT2D eigenvalue weighted by Gasteiger charge is -2.25. The highest BCUT2D eigenvalue weighted by Crippen LogP contribution is 2.21. The first kappa shape index (κ1) is 15.2. The highest BCUT2D eigenvalue weighted by atomic mass is 16.2. The molecule has 1 amide bonds. The number of aromatic nitrogens is 1. The molecule has 1 unspecified atom stereocenters. The number of likely N-dealkylation sites (N-methyl/N-ethyl adjacent to an activating group) is 1. The lowest BCUT2D eigenvalue weighted by Crippen LogP contribution is -2.31. The minimum absolute atomic E-state index is 0.0478. The molecule has 0 N–H and O–H groups in total. The lowest BCUT2D eigenvalue weighted by atomic mass is 10.0. The maximum Gasteiger partial charge on any atom is 0.227 e. The van der Waals surface area contributed by atoms with Gasteiger partial charge in [0.15, 0.2) is 0 Å². The van der Waals surface area contributed by atoms with Crippen LogP contribution < -0.4 is 0 Å². The zero-order valence-electron chi connectivity index (χ0n) is 13.4. The van der Waals surface area contributed by atoms with E-state index in [1.807, 2.05) is 67.7 Å². The minimum atomic E-state index is 0.0478. The van der Waals surface area contributed by atoms with Crippen molar-refractivity contribution in [2.45, 2.75) is 19.4 Å². The summed E-state index contributed by atoms with van der Waals surface area (Å²) in [5, 5.41) is 1.07. The normalized spacial score (nSPS) is 12.1. The third-order valence-electron chi connectivity index (χ3n) is 4.31. The van der Waals surface area contributed by atoms with Crippen LogP contribution >= 0.6 is 0 Å². The van der Waals surface area contributed by atoms with Gasteiger partial charge in [0.05, 0.1) is 18.0 Å². The van der Waals surface area contributed by atoms with Crippen molar-refractivity contribution in [1.82, 2.24) is 9.88 Å². The predicted molar refractivity (Wildman–Crippen MR) is 93.1 cm³/mol. The Hall–Kier alpha value is -2.68. The number of hydrogen-bond donors (Lipinski definition) is 0. The largest absolute Gasteiger partial charge is 0.339 e. The molecular formula is C20H20N2O. The Morgan fingerprint density at radius 2 is 1.78 bits per heavy atom. The van der Waals surface area contributed by atoms with Crippen molar-refractivity contribution in [3.8, 4) is 0 Å². The Balaban J connectivity index is 1.80. The van der Waals surface area contributed by atoms with E-state index < -0.39 is 0 Å². The number of hydrogen-bond acceptors (Lipinski definition) is 2. The van der Waals surface area contributed by atoms with Gasteiger partial charge in [0, 0.05) is 18.6 Å². The molecule has 1 atom stereocenters. The van der Waals surface area contributed by atoms with Crippen molar-refractivity contribution >= 4 is 16.8 Å². The summed E-state index contributed by atoms with van der Waals surface area (Å²) in [6.45, 7) is 2.05. The highest BCUT2D eigenvalue weighted by Gasteiger charge is 2.18. The van der Waals surface area contributed by atoms with Gasteiger partial charge in [0.25, 0.3) is 0 Å². The molecular weight excluding hydrogens is 284 g/mol. The number of rotatable bonds is 4. The van der Waals surface area contributed by atoms with E-state index in [0.717, 1.165) is 22.0 Å². The predicted octanol–water partition coefficient (Wildman–Crippen LogP) is 4.00. The number of carbonyl (C=O) groups excluding carboxylic acids is 1. The Kier molecular flexibility index (Phi) is 4.38. The molecule has 2 aromatic carbocycles. The molecule has 0 spiro atoms. The summed E-state index contributed by atoms with van der Waals surface area (Å²) in [5.41, 5.74) is 3.02. The monoisotopic (exact) mass is 304 g/mol. The molecule has 3 rings (SSSR count). The van der Waals surface area contributed by atoms with E-state index in [0.29, 0.717) is 6.42 Å². The average molecular weight is 304 g/mol. The smallest absolute Gasteiger partial charge is 0.227 e. The van der Waals surface area contributed by atoms with Gasteiger partial charge < -0.3 is 4.90 Å². The molecule has 3 heteroatoms. The molecule has 0 aliphatic carbocycles. The fraction of sp³-hybridized carbons (Fsp3) is 0.200. The minimum Gasteiger partial charge on any atom is -0.339 e. The van der Waals surface area contributed by atoms with Crippen molar-refractivity contribution < 1.29 is 4.79 Å². The van der Waals surface area contributed by atoms with Crippen LogP contribution in [-0.4, -0.2) is 22.8 Å². The molecule has 0 saturated carbocycles. The molecule has 1 aromatic heterocycles. The number of para-hydroxylation sites is 1. The second kappa shape index (κ2) is 6.61. The van der Waals surface area contributed by atoms with Crippen LogP contribution in [0.2, 0.25) is 0 Å². The Morgan fingerprint density at radius 3 is 2.57 bits per heavy atom. The van der Waals surface area contributed by atoms with E-state index in [9.17, 15) is 4.79 Å². The number of amides is 1. The number of benzene rings is 2. The van der Waals surface area contributed by atoms with Gasteiger partial charge >= 0.3 is 0 Å². The van der Waals surface area contributed by atoms with Crippen LogP contribution in [0.15, 0.2) is 66.9 Å². The number of carbonyl (C=O) groups is 1. The quantitative estimate of drug-likeness (QED) is 0.730. The van der Waals surface area contributed by atoms with E-state index in [-0.39, 0.29) is 11.9 Å². The van der Waals surface area contributed by atoms with Gasteiger partial charge in [-0.15, -0.1) is 0 Å². The summed E-state index contributed by atoms with van der Waals surface area (Å²) in [6.07, 6.45) is 2.13. The zero-order chi connectivity index (χ0) is 16.2. The molecule has 1 heterocycles. The van der Waals surface area contributed by atoms with Gasteiger partial charge in [-0.3, -0.25) is 9.78 Å². The van der Waals surface area contributed by atoms with Gasteiger partial charge in [0.1, 0.15) is 0 Å². The summed E-state index contributed by atoms with van der Waals surface area (Å²) < 4.78 is 0. The van der Waals surface area contributed by atoms with Crippen LogP contribution in [-0.2, 0) is 11.2 Å². The average Bonchev–Trinajstić information content (AvgIpc) is 2.61. The van der Waals surface area contributed by atoms with Crippen LogP contribution in [0, 0.1) is 0 Å². The van der Waals surface area contributed by atoms with E-state index >= 15 is 0 Å². The van der Waals surface area contributed by atoms with Gasteiger partial charge in [0.2, 0.25) is 5.91 Å². The SMILES string of the molecule is CC(c1ccccc1)N(C)C(=O)Cc1cccc2cccnc12. The second-order valence-corrected chi connectivity index (χ2v) is 5.76. The van der Waals surface area contributed by atoms with E-state index in [2.05, 4.69) is 11.9 Å². The molecule has 3 nitrogen and oxygen atoms in total. The maximum absolute atomic E-state index is 12.7. The molecule has 0 aliphatic rings. The third kappa shape index (κ3) is 3.24. The summed E-state index contributed by atoms with van der Waals surface area (Å²) in [5.74, 6) is 0.0968. The van der Waals surface area contributed by atoms with E-state index in [1.165, 1.54) is 0 Å². The Bertz CT molecular complexity index is 809. The van der Waals surface area contributed by atoms with Crippen LogP contribution in [0.4, 0.5) is 0 Å². The third-order valence-corrected chi connectivity index (χ3v) is 4.31. The zero-order valence-corrected chi connectivity index (χ0v) is 13.4. The molecule has 0 bridgehead atoms. The van der Waals surface area contributed by atoms with Crippen molar-refractivity contribution in [2.75, 3.05) is 7.05 Å². The molecule has 0 saturated heterocycles. The number of pyridine rings is 1. The van der Waals surface area contributed by atoms with Crippen molar-refractivity contribution in [1.29, 1.82) is 0 Å². The molecule has 23 heavy (non-hydrogen) atoms. The number of nitrogens with zero attached hydrogens (tertiary/aromatic N) is 2. The summed E-state index contributed by atoms with van der Waals surface area (Å²) in [6, 6.07) is 20.0. The molecule has 3 aromatic rings. The highest BCUT2D eigenvalue weighted by molar-refractivity contribution is 5.87. The molecule has 0 fully saturated rings. The Morgan fingerprint density at radius 1 is 1.04 bits per heavy atom. The van der Waals surface area contributed by atoms with Crippen LogP contribution in [0.3, 0.4) is 0 Å². The van der Waals surface area contributed by atoms with Crippen molar-refractivity contribution in [3.05, 3.63) is 78.0 Å². The fourth-order valence-corrected chi connectivity index (χ4v) is 2.77. The Labute approximate surface area is 136 Å². The summed E-state index contributed by atoms with van der Waals surface area (Å²) in [7, 11) is 1.86. The van der Waals surface area contributed by atoms with Crippen LogP contribution in [0.25, 0.3) is 10.9 Å². The van der Waals surface area contributed by atoms with Gasteiger partial charge in [-0.1, -0.05) is 54.6 Å².